The Labute approximate surface area is 146 Å². The van der Waals surface area contributed by atoms with Crippen LogP contribution in [0.2, 0.25) is 0 Å². The molecular formula is C16H27N3O6. The fraction of sp³-hybridized carbons (Fsp3) is 0.750. The Morgan fingerprint density at radius 2 is 1.96 bits per heavy atom. The molecular weight excluding hydrogens is 330 g/mol. The van der Waals surface area contributed by atoms with Crippen molar-refractivity contribution >= 4 is 23.8 Å². The number of carbonyl (C=O) groups excluding carboxylic acids is 2. The number of amides is 2. The molecule has 4 N–H and O–H groups in total. The van der Waals surface area contributed by atoms with Gasteiger partial charge in [0.25, 0.3) is 0 Å². The first-order valence-corrected chi connectivity index (χ1v) is 8.62. The number of carboxylic acids is 2. The molecule has 9 heteroatoms. The van der Waals surface area contributed by atoms with E-state index in [1.165, 1.54) is 4.90 Å². The summed E-state index contributed by atoms with van der Waals surface area (Å²) in [4.78, 5) is 47.8. The van der Waals surface area contributed by atoms with E-state index in [4.69, 9.17) is 10.2 Å². The Morgan fingerprint density at radius 1 is 1.24 bits per heavy atom. The first kappa shape index (κ1) is 20.9. The van der Waals surface area contributed by atoms with E-state index in [0.717, 1.165) is 19.4 Å². The first-order valence-electron chi connectivity index (χ1n) is 8.62. The lowest BCUT2D eigenvalue weighted by molar-refractivity contribution is -0.144. The summed E-state index contributed by atoms with van der Waals surface area (Å²) >= 11 is 0. The van der Waals surface area contributed by atoms with Crippen LogP contribution in [0.15, 0.2) is 0 Å². The largest absolute Gasteiger partial charge is 0.481 e. The summed E-state index contributed by atoms with van der Waals surface area (Å²) < 4.78 is 0. The monoisotopic (exact) mass is 357 g/mol. The summed E-state index contributed by atoms with van der Waals surface area (Å²) in [6.45, 7) is 3.38. The van der Waals surface area contributed by atoms with Crippen molar-refractivity contribution in [2.75, 3.05) is 19.6 Å². The second kappa shape index (κ2) is 10.7. The third kappa shape index (κ3) is 7.08. The molecule has 1 heterocycles. The third-order valence-corrected chi connectivity index (χ3v) is 4.12. The maximum Gasteiger partial charge on any atom is 0.326 e. The molecule has 0 saturated carbocycles. The van der Waals surface area contributed by atoms with Crippen LogP contribution >= 0.6 is 0 Å². The van der Waals surface area contributed by atoms with Gasteiger partial charge in [0.2, 0.25) is 11.8 Å². The molecule has 2 amide bonds. The lowest BCUT2D eigenvalue weighted by Crippen LogP contribution is -2.52. The molecule has 0 aromatic heterocycles. The second-order valence-corrected chi connectivity index (χ2v) is 6.11. The zero-order chi connectivity index (χ0) is 18.8. The summed E-state index contributed by atoms with van der Waals surface area (Å²) in [5.74, 6) is -3.15. The molecule has 1 rings (SSSR count). The van der Waals surface area contributed by atoms with Crippen molar-refractivity contribution in [1.82, 2.24) is 15.5 Å². The quantitative estimate of drug-likeness (QED) is 0.376. The molecule has 1 aliphatic rings. The van der Waals surface area contributed by atoms with Crippen molar-refractivity contribution in [3.8, 4) is 0 Å². The van der Waals surface area contributed by atoms with E-state index in [9.17, 15) is 19.2 Å². The van der Waals surface area contributed by atoms with Gasteiger partial charge in [-0.1, -0.05) is 13.3 Å². The number of hydrogen-bond donors (Lipinski definition) is 4. The first-order chi connectivity index (χ1) is 11.9. The summed E-state index contributed by atoms with van der Waals surface area (Å²) in [7, 11) is 0. The van der Waals surface area contributed by atoms with Gasteiger partial charge < -0.3 is 25.7 Å². The van der Waals surface area contributed by atoms with Gasteiger partial charge in [0.15, 0.2) is 0 Å². The molecule has 142 valence electrons. The standard InChI is InChI=1S/C16H27N3O6/c1-2-3-8-17-10-13(20)19-9-4-5-12(19)15(23)18-11(16(24)25)6-7-14(21)22/h11-12,17H,2-10H2,1H3,(H,18,23)(H,21,22)(H,24,25)/t11-,12-/m0/s1. The molecule has 1 saturated heterocycles. The van der Waals surface area contributed by atoms with Crippen LogP contribution in [0.4, 0.5) is 0 Å². The molecule has 0 radical (unpaired) electrons. The Bertz CT molecular complexity index is 496. The highest BCUT2D eigenvalue weighted by molar-refractivity contribution is 5.91. The number of rotatable bonds is 11. The Balaban J connectivity index is 2.57. The van der Waals surface area contributed by atoms with Crippen molar-refractivity contribution in [3.63, 3.8) is 0 Å². The van der Waals surface area contributed by atoms with E-state index >= 15 is 0 Å². The average Bonchev–Trinajstić information content (AvgIpc) is 3.04. The molecule has 25 heavy (non-hydrogen) atoms. The number of nitrogens with zero attached hydrogens (tertiary/aromatic N) is 1. The molecule has 0 spiro atoms. The maximum absolute atomic E-state index is 12.4. The van der Waals surface area contributed by atoms with Gasteiger partial charge in [0.05, 0.1) is 6.54 Å². The van der Waals surface area contributed by atoms with Crippen molar-refractivity contribution in [2.45, 2.75) is 57.5 Å². The highest BCUT2D eigenvalue weighted by Crippen LogP contribution is 2.18. The fourth-order valence-electron chi connectivity index (χ4n) is 2.73. The number of likely N-dealkylation sites (tertiary alicyclic amines) is 1. The minimum atomic E-state index is -1.29. The SMILES string of the molecule is CCCCNCC(=O)N1CCC[C@H]1C(=O)N[C@@H](CCC(=O)O)C(=O)O. The van der Waals surface area contributed by atoms with Crippen molar-refractivity contribution < 1.29 is 29.4 Å². The molecule has 0 aromatic rings. The predicted octanol–water partition coefficient (Wildman–Crippen LogP) is -0.199. The second-order valence-electron chi connectivity index (χ2n) is 6.11. The highest BCUT2D eigenvalue weighted by Gasteiger charge is 2.35. The molecule has 9 nitrogen and oxygen atoms in total. The minimum Gasteiger partial charge on any atom is -0.481 e. The van der Waals surface area contributed by atoms with Gasteiger partial charge in [-0.15, -0.1) is 0 Å². The van der Waals surface area contributed by atoms with Crippen molar-refractivity contribution in [1.29, 1.82) is 0 Å². The molecule has 0 aromatic carbocycles. The number of carbonyl (C=O) groups is 4. The van der Waals surface area contributed by atoms with Gasteiger partial charge in [-0.05, 0) is 32.2 Å². The molecule has 1 fully saturated rings. The molecule has 1 aliphatic heterocycles. The third-order valence-electron chi connectivity index (χ3n) is 4.12. The van der Waals surface area contributed by atoms with Gasteiger partial charge in [0, 0.05) is 13.0 Å². The van der Waals surface area contributed by atoms with Crippen molar-refractivity contribution in [2.24, 2.45) is 0 Å². The van der Waals surface area contributed by atoms with Gasteiger partial charge in [-0.25, -0.2) is 4.79 Å². The van der Waals surface area contributed by atoms with Crippen molar-refractivity contribution in [3.05, 3.63) is 0 Å². The lowest BCUT2D eigenvalue weighted by atomic mass is 10.1. The summed E-state index contributed by atoms with van der Waals surface area (Å²) in [5, 5.41) is 23.2. The zero-order valence-electron chi connectivity index (χ0n) is 14.5. The summed E-state index contributed by atoms with van der Waals surface area (Å²) in [6, 6.07) is -1.98. The van der Waals surface area contributed by atoms with Gasteiger partial charge in [0.1, 0.15) is 12.1 Å². The molecule has 0 bridgehead atoms. The summed E-state index contributed by atoms with van der Waals surface area (Å²) in [6.07, 6.45) is 2.56. The number of aliphatic carboxylic acids is 2. The highest BCUT2D eigenvalue weighted by atomic mass is 16.4. The zero-order valence-corrected chi connectivity index (χ0v) is 14.5. The van der Waals surface area contributed by atoms with Gasteiger partial charge in [-0.3, -0.25) is 14.4 Å². The lowest BCUT2D eigenvalue weighted by Gasteiger charge is -2.25. The van der Waals surface area contributed by atoms with Gasteiger partial charge in [-0.2, -0.15) is 0 Å². The topological polar surface area (TPSA) is 136 Å². The molecule has 2 atom stereocenters. The van der Waals surface area contributed by atoms with E-state index in [1.807, 2.05) is 6.92 Å². The van der Waals surface area contributed by atoms with E-state index in [0.29, 0.717) is 19.4 Å². The van der Waals surface area contributed by atoms with Crippen LogP contribution < -0.4 is 10.6 Å². The van der Waals surface area contributed by atoms with Crippen LogP contribution in [-0.4, -0.2) is 70.6 Å². The minimum absolute atomic E-state index is 0.144. The van der Waals surface area contributed by atoms with Crippen LogP contribution in [-0.2, 0) is 19.2 Å². The Hall–Kier alpha value is -2.16. The van der Waals surface area contributed by atoms with E-state index in [-0.39, 0.29) is 25.3 Å². The average molecular weight is 357 g/mol. The van der Waals surface area contributed by atoms with Crippen LogP contribution in [0.3, 0.4) is 0 Å². The molecule has 0 unspecified atom stereocenters. The normalized spacial score (nSPS) is 18.0. The van der Waals surface area contributed by atoms with Crippen LogP contribution in [0.25, 0.3) is 0 Å². The van der Waals surface area contributed by atoms with Gasteiger partial charge >= 0.3 is 11.9 Å². The summed E-state index contributed by atoms with van der Waals surface area (Å²) in [5.41, 5.74) is 0. The Morgan fingerprint density at radius 3 is 2.56 bits per heavy atom. The van der Waals surface area contributed by atoms with E-state index < -0.39 is 29.9 Å². The predicted molar refractivity (Wildman–Crippen MR) is 88.9 cm³/mol. The fourth-order valence-corrected chi connectivity index (χ4v) is 2.73. The number of unbranched alkanes of at least 4 members (excludes halogenated alkanes) is 1. The number of carboxylic acid groups (broad SMARTS) is 2. The Kier molecular flexibility index (Phi) is 8.90. The van der Waals surface area contributed by atoms with Crippen LogP contribution in [0.1, 0.15) is 45.4 Å². The smallest absolute Gasteiger partial charge is 0.326 e. The maximum atomic E-state index is 12.4. The number of hydrogen-bond acceptors (Lipinski definition) is 5. The van der Waals surface area contributed by atoms with E-state index in [2.05, 4.69) is 10.6 Å². The van der Waals surface area contributed by atoms with Crippen LogP contribution in [0, 0.1) is 0 Å². The molecule has 0 aliphatic carbocycles. The van der Waals surface area contributed by atoms with Crippen LogP contribution in [0.5, 0.6) is 0 Å². The number of nitrogens with one attached hydrogen (secondary N) is 2. The van der Waals surface area contributed by atoms with E-state index in [1.54, 1.807) is 0 Å².